The molecule has 0 aliphatic carbocycles. The van der Waals surface area contributed by atoms with Crippen molar-refractivity contribution in [3.05, 3.63) is 50.8 Å². The monoisotopic (exact) mass is 357 g/mol. The molecule has 1 heterocycles. The number of halogens is 2. The lowest BCUT2D eigenvalue weighted by Crippen LogP contribution is -2.01. The van der Waals surface area contributed by atoms with Gasteiger partial charge in [0.15, 0.2) is 0 Å². The van der Waals surface area contributed by atoms with Gasteiger partial charge in [0, 0.05) is 4.47 Å². The van der Waals surface area contributed by atoms with Crippen molar-refractivity contribution in [2.24, 2.45) is 0 Å². The largest absolute Gasteiger partial charge is 0.465 e. The van der Waals surface area contributed by atoms with E-state index in [0.717, 1.165) is 10.2 Å². The molecule has 0 aliphatic heterocycles. The summed E-state index contributed by atoms with van der Waals surface area (Å²) in [5.74, 6) is 0.769. The molecule has 1 aromatic heterocycles. The number of methoxy groups -OCH3 is 1. The van der Waals surface area contributed by atoms with Gasteiger partial charge in [0.1, 0.15) is 17.1 Å². The highest BCUT2D eigenvalue weighted by atomic mass is 79.9. The van der Waals surface area contributed by atoms with Crippen molar-refractivity contribution >= 4 is 39.2 Å². The summed E-state index contributed by atoms with van der Waals surface area (Å²) in [6, 6.07) is 7.19. The van der Waals surface area contributed by atoms with Gasteiger partial charge in [-0.15, -0.1) is 0 Å². The highest BCUT2D eigenvalue weighted by molar-refractivity contribution is 9.10. The molecule has 0 saturated carbocycles. The molecule has 0 fully saturated rings. The van der Waals surface area contributed by atoms with Gasteiger partial charge < -0.3 is 14.5 Å². The number of benzene rings is 1. The van der Waals surface area contributed by atoms with E-state index in [1.165, 1.54) is 7.11 Å². The minimum atomic E-state index is -0.405. The minimum Gasteiger partial charge on any atom is -0.465 e. The lowest BCUT2D eigenvalue weighted by Gasteiger charge is -2.07. The average Bonchev–Trinajstić information content (AvgIpc) is 2.80. The number of furan rings is 1. The number of esters is 1. The molecule has 2 rings (SSSR count). The highest BCUT2D eigenvalue weighted by Gasteiger charge is 2.15. The summed E-state index contributed by atoms with van der Waals surface area (Å²) in [5, 5.41) is 3.78. The Bertz CT molecular complexity index is 639. The molecule has 0 aliphatic rings. The Morgan fingerprint density at radius 2 is 2.20 bits per heavy atom. The van der Waals surface area contributed by atoms with Crippen molar-refractivity contribution in [3.8, 4) is 0 Å². The molecular weight excluding hydrogens is 346 g/mol. The van der Waals surface area contributed by atoms with E-state index in [0.29, 0.717) is 28.7 Å². The molecule has 1 N–H and O–H groups in total. The summed E-state index contributed by atoms with van der Waals surface area (Å²) >= 11 is 9.47. The number of hydrogen-bond donors (Lipinski definition) is 1. The van der Waals surface area contributed by atoms with Crippen LogP contribution >= 0.6 is 27.5 Å². The first-order chi connectivity index (χ1) is 9.51. The van der Waals surface area contributed by atoms with Crippen molar-refractivity contribution < 1.29 is 13.9 Å². The van der Waals surface area contributed by atoms with Crippen LogP contribution in [0.25, 0.3) is 0 Å². The van der Waals surface area contributed by atoms with E-state index >= 15 is 0 Å². The van der Waals surface area contributed by atoms with E-state index in [2.05, 4.69) is 26.0 Å². The van der Waals surface area contributed by atoms with Crippen LogP contribution in [0.3, 0.4) is 0 Å². The molecule has 0 unspecified atom stereocenters. The number of carbonyl (C=O) groups is 1. The smallest absolute Gasteiger partial charge is 0.341 e. The number of hydrogen-bond acceptors (Lipinski definition) is 4. The van der Waals surface area contributed by atoms with Crippen LogP contribution < -0.4 is 5.32 Å². The van der Waals surface area contributed by atoms with Crippen LogP contribution in [0.5, 0.6) is 0 Å². The van der Waals surface area contributed by atoms with Crippen molar-refractivity contribution in [1.82, 2.24) is 0 Å². The second-order valence-corrected chi connectivity index (χ2v) is 5.47. The molecule has 0 bridgehead atoms. The maximum Gasteiger partial charge on any atom is 0.341 e. The zero-order valence-corrected chi connectivity index (χ0v) is 13.3. The van der Waals surface area contributed by atoms with Gasteiger partial charge in [0.05, 0.1) is 24.4 Å². The lowest BCUT2D eigenvalue weighted by atomic mass is 10.2. The van der Waals surface area contributed by atoms with E-state index in [1.807, 2.05) is 12.1 Å². The van der Waals surface area contributed by atoms with Crippen LogP contribution in [0.4, 0.5) is 5.69 Å². The molecule has 0 radical (unpaired) electrons. The maximum atomic E-state index is 11.5. The van der Waals surface area contributed by atoms with E-state index in [4.69, 9.17) is 16.0 Å². The first kappa shape index (κ1) is 14.9. The van der Waals surface area contributed by atoms with E-state index in [1.54, 1.807) is 19.1 Å². The molecule has 0 saturated heterocycles. The van der Waals surface area contributed by atoms with Gasteiger partial charge in [0.25, 0.3) is 0 Å². The Hall–Kier alpha value is -1.46. The average molecular weight is 359 g/mol. The topological polar surface area (TPSA) is 51.5 Å². The number of nitrogens with one attached hydrogen (secondary N) is 1. The molecule has 0 atom stereocenters. The second kappa shape index (κ2) is 6.33. The highest BCUT2D eigenvalue weighted by Crippen LogP contribution is 2.26. The van der Waals surface area contributed by atoms with Crippen LogP contribution in [0.2, 0.25) is 5.02 Å². The third kappa shape index (κ3) is 3.35. The second-order valence-electron chi connectivity index (χ2n) is 4.15. The predicted molar refractivity (Wildman–Crippen MR) is 81.3 cm³/mol. The molecule has 1 aromatic carbocycles. The molecule has 0 amide bonds. The first-order valence-corrected chi connectivity index (χ1v) is 7.05. The number of anilines is 1. The Labute approximate surface area is 130 Å². The lowest BCUT2D eigenvalue weighted by molar-refractivity contribution is 0.0599. The van der Waals surface area contributed by atoms with Gasteiger partial charge in [0.2, 0.25) is 0 Å². The Morgan fingerprint density at radius 1 is 1.45 bits per heavy atom. The fraction of sp³-hybridized carbons (Fsp3) is 0.214. The zero-order chi connectivity index (χ0) is 14.7. The first-order valence-electron chi connectivity index (χ1n) is 5.88. The summed E-state index contributed by atoms with van der Waals surface area (Å²) in [7, 11) is 1.34. The SMILES string of the molecule is COC(=O)c1cc(CNc2cc(Br)ccc2Cl)oc1C. The molecule has 20 heavy (non-hydrogen) atoms. The molecule has 106 valence electrons. The van der Waals surface area contributed by atoms with Gasteiger partial charge in [-0.2, -0.15) is 0 Å². The molecule has 6 heteroatoms. The number of ether oxygens (including phenoxy) is 1. The molecule has 0 spiro atoms. The van der Waals surface area contributed by atoms with Gasteiger partial charge in [-0.05, 0) is 31.2 Å². The van der Waals surface area contributed by atoms with Gasteiger partial charge >= 0.3 is 5.97 Å². The molecule has 2 aromatic rings. The summed E-state index contributed by atoms with van der Waals surface area (Å²) in [6.07, 6.45) is 0. The fourth-order valence-electron chi connectivity index (χ4n) is 1.76. The summed E-state index contributed by atoms with van der Waals surface area (Å²) in [4.78, 5) is 11.5. The minimum absolute atomic E-state index is 0.405. The van der Waals surface area contributed by atoms with E-state index < -0.39 is 5.97 Å². The van der Waals surface area contributed by atoms with Crippen LogP contribution in [0.1, 0.15) is 21.9 Å². The van der Waals surface area contributed by atoms with Crippen molar-refractivity contribution in [1.29, 1.82) is 0 Å². The number of carbonyl (C=O) groups excluding carboxylic acids is 1. The van der Waals surface area contributed by atoms with Crippen molar-refractivity contribution in [2.45, 2.75) is 13.5 Å². The van der Waals surface area contributed by atoms with Crippen molar-refractivity contribution in [2.75, 3.05) is 12.4 Å². The quantitative estimate of drug-likeness (QED) is 0.823. The Kier molecular flexibility index (Phi) is 4.73. The molecule has 4 nitrogen and oxygen atoms in total. The van der Waals surface area contributed by atoms with Crippen LogP contribution in [0, 0.1) is 6.92 Å². The van der Waals surface area contributed by atoms with Gasteiger partial charge in [-0.3, -0.25) is 0 Å². The Morgan fingerprint density at radius 3 is 2.90 bits per heavy atom. The molecular formula is C14H13BrClNO3. The van der Waals surface area contributed by atoms with E-state index in [9.17, 15) is 4.79 Å². The number of rotatable bonds is 4. The summed E-state index contributed by atoms with van der Waals surface area (Å²) < 4.78 is 11.1. The van der Waals surface area contributed by atoms with Crippen molar-refractivity contribution in [3.63, 3.8) is 0 Å². The zero-order valence-electron chi connectivity index (χ0n) is 11.0. The third-order valence-electron chi connectivity index (χ3n) is 2.76. The normalized spacial score (nSPS) is 10.4. The Balaban J connectivity index is 2.11. The fourth-order valence-corrected chi connectivity index (χ4v) is 2.30. The summed E-state index contributed by atoms with van der Waals surface area (Å²) in [5.41, 5.74) is 1.22. The summed E-state index contributed by atoms with van der Waals surface area (Å²) in [6.45, 7) is 2.15. The standard InChI is InChI=1S/C14H13BrClNO3/c1-8-11(14(18)19-2)6-10(20-8)7-17-13-5-9(15)3-4-12(13)16/h3-6,17H,7H2,1-2H3. The maximum absolute atomic E-state index is 11.5. The predicted octanol–water partition coefficient (Wildman–Crippen LogP) is 4.40. The van der Waals surface area contributed by atoms with Crippen LogP contribution in [-0.2, 0) is 11.3 Å². The van der Waals surface area contributed by atoms with E-state index in [-0.39, 0.29) is 0 Å². The van der Waals surface area contributed by atoms with Gasteiger partial charge in [-0.25, -0.2) is 4.79 Å². The van der Waals surface area contributed by atoms with Crippen LogP contribution in [-0.4, -0.2) is 13.1 Å². The van der Waals surface area contributed by atoms with Gasteiger partial charge in [-0.1, -0.05) is 27.5 Å². The third-order valence-corrected chi connectivity index (χ3v) is 3.58. The van der Waals surface area contributed by atoms with Crippen LogP contribution in [0.15, 0.2) is 33.2 Å². The number of aryl methyl sites for hydroxylation is 1.